The molecule has 0 saturated heterocycles. The largest absolute Gasteiger partial charge is 0.497 e. The topological polar surface area (TPSA) is 168 Å². The summed E-state index contributed by atoms with van der Waals surface area (Å²) in [5.74, 6) is -0.350. The van der Waals surface area contributed by atoms with Crippen LogP contribution in [-0.4, -0.2) is 50.6 Å². The van der Waals surface area contributed by atoms with E-state index in [-0.39, 0.29) is 35.8 Å². The van der Waals surface area contributed by atoms with Gasteiger partial charge in [-0.15, -0.1) is 0 Å². The first kappa shape index (κ1) is 30.1. The normalized spacial score (nSPS) is 13.3. The number of carbonyl (C=O) groups is 3. The van der Waals surface area contributed by atoms with Crippen LogP contribution in [0.2, 0.25) is 0 Å². The summed E-state index contributed by atoms with van der Waals surface area (Å²) in [4.78, 5) is 61.4. The Morgan fingerprint density at radius 2 is 1.86 bits per heavy atom. The number of rotatable bonds is 12. The second-order valence-corrected chi connectivity index (χ2v) is 10.7. The van der Waals surface area contributed by atoms with Crippen molar-refractivity contribution in [1.82, 2.24) is 25.0 Å². The Bertz CT molecular complexity index is 1710. The molecule has 2 aromatic heterocycles. The van der Waals surface area contributed by atoms with Crippen LogP contribution in [0.4, 0.5) is 10.5 Å². The number of carbonyl (C=O) groups excluding carboxylic acids is 3. The van der Waals surface area contributed by atoms with Gasteiger partial charge in [0, 0.05) is 11.5 Å². The van der Waals surface area contributed by atoms with Crippen LogP contribution < -0.4 is 20.9 Å². The van der Waals surface area contributed by atoms with E-state index in [9.17, 15) is 19.2 Å². The van der Waals surface area contributed by atoms with E-state index in [1.54, 1.807) is 50.2 Å². The smallest absolute Gasteiger partial charge is 0.412 e. The summed E-state index contributed by atoms with van der Waals surface area (Å²) in [6.07, 6.45) is 2.21. The van der Waals surface area contributed by atoms with Gasteiger partial charge >= 0.3 is 6.09 Å². The minimum Gasteiger partial charge on any atom is -0.497 e. The summed E-state index contributed by atoms with van der Waals surface area (Å²) >= 11 is 0. The SMILES string of the molecule is COc1cccc(-c2ncc(NC(=O)OCc3ccccc3)c(=O)n2CC(=O)NC(C(=O)c2nc(C3CC3)no2)C(C)C)c1. The summed E-state index contributed by atoms with van der Waals surface area (Å²) in [7, 11) is 1.50. The number of nitrogens with zero attached hydrogens (tertiary/aromatic N) is 4. The van der Waals surface area contributed by atoms with Crippen LogP contribution in [0.5, 0.6) is 5.75 Å². The first-order chi connectivity index (χ1) is 21.2. The van der Waals surface area contributed by atoms with Crippen LogP contribution >= 0.6 is 0 Å². The van der Waals surface area contributed by atoms with Gasteiger partial charge in [-0.1, -0.05) is 61.5 Å². The Balaban J connectivity index is 1.38. The van der Waals surface area contributed by atoms with E-state index < -0.39 is 35.9 Å². The Morgan fingerprint density at radius 1 is 1.09 bits per heavy atom. The molecule has 2 amide bonds. The maximum absolute atomic E-state index is 13.7. The highest BCUT2D eigenvalue weighted by molar-refractivity contribution is 5.98. The molecule has 1 aliphatic carbocycles. The summed E-state index contributed by atoms with van der Waals surface area (Å²) in [6.45, 7) is 3.01. The Morgan fingerprint density at radius 3 is 2.57 bits per heavy atom. The van der Waals surface area contributed by atoms with E-state index >= 15 is 0 Å². The zero-order valence-corrected chi connectivity index (χ0v) is 24.5. The fourth-order valence-corrected chi connectivity index (χ4v) is 4.46. The highest BCUT2D eigenvalue weighted by Crippen LogP contribution is 2.38. The maximum atomic E-state index is 13.7. The molecular weight excluding hydrogens is 568 g/mol. The average Bonchev–Trinajstić information content (AvgIpc) is 3.76. The molecule has 2 N–H and O–H groups in total. The van der Waals surface area contributed by atoms with Gasteiger partial charge in [-0.3, -0.25) is 24.3 Å². The molecule has 13 heteroatoms. The van der Waals surface area contributed by atoms with Crippen molar-refractivity contribution in [2.45, 2.75) is 51.8 Å². The predicted octanol–water partition coefficient (Wildman–Crippen LogP) is 3.95. The van der Waals surface area contributed by atoms with Gasteiger partial charge in [-0.2, -0.15) is 4.98 Å². The number of ketones is 1. The predicted molar refractivity (Wildman–Crippen MR) is 158 cm³/mol. The molecule has 0 bridgehead atoms. The number of nitrogens with one attached hydrogen (secondary N) is 2. The Kier molecular flexibility index (Phi) is 9.12. The summed E-state index contributed by atoms with van der Waals surface area (Å²) in [5, 5.41) is 9.01. The monoisotopic (exact) mass is 600 g/mol. The fourth-order valence-electron chi connectivity index (χ4n) is 4.46. The lowest BCUT2D eigenvalue weighted by atomic mass is 9.99. The molecule has 1 atom stereocenters. The van der Waals surface area contributed by atoms with E-state index in [1.165, 1.54) is 13.3 Å². The van der Waals surface area contributed by atoms with Crippen molar-refractivity contribution >= 4 is 23.5 Å². The van der Waals surface area contributed by atoms with Crippen LogP contribution in [0.15, 0.2) is 70.1 Å². The van der Waals surface area contributed by atoms with Crippen molar-refractivity contribution in [3.63, 3.8) is 0 Å². The van der Waals surface area contributed by atoms with Crippen LogP contribution in [0.25, 0.3) is 11.4 Å². The highest BCUT2D eigenvalue weighted by atomic mass is 16.5. The summed E-state index contributed by atoms with van der Waals surface area (Å²) < 4.78 is 16.8. The molecule has 2 aromatic carbocycles. The zero-order valence-electron chi connectivity index (χ0n) is 24.5. The molecule has 4 aromatic rings. The summed E-state index contributed by atoms with van der Waals surface area (Å²) in [5.41, 5.74) is 0.352. The van der Waals surface area contributed by atoms with E-state index in [0.29, 0.717) is 17.1 Å². The minimum absolute atomic E-state index is 0.00853. The number of ether oxygens (including phenoxy) is 2. The first-order valence-corrected chi connectivity index (χ1v) is 14.1. The average molecular weight is 601 g/mol. The molecule has 44 heavy (non-hydrogen) atoms. The number of aromatic nitrogens is 4. The molecule has 0 spiro atoms. The van der Waals surface area contributed by atoms with Crippen LogP contribution in [-0.2, 0) is 22.7 Å². The van der Waals surface area contributed by atoms with Crippen molar-refractivity contribution in [3.05, 3.63) is 88.4 Å². The molecule has 1 fully saturated rings. The summed E-state index contributed by atoms with van der Waals surface area (Å²) in [6, 6.07) is 14.9. The van der Waals surface area contributed by atoms with Crippen molar-refractivity contribution in [2.75, 3.05) is 12.4 Å². The number of methoxy groups -OCH3 is 1. The van der Waals surface area contributed by atoms with Crippen molar-refractivity contribution in [1.29, 1.82) is 0 Å². The van der Waals surface area contributed by atoms with Crippen molar-refractivity contribution in [2.24, 2.45) is 5.92 Å². The number of amides is 2. The number of hydrogen-bond donors (Lipinski definition) is 2. The van der Waals surface area contributed by atoms with Gasteiger partial charge < -0.3 is 19.3 Å². The third-order valence-corrected chi connectivity index (χ3v) is 6.99. The first-order valence-electron chi connectivity index (χ1n) is 14.1. The Hall–Kier alpha value is -5.33. The second kappa shape index (κ2) is 13.3. The molecule has 0 aliphatic heterocycles. The standard InChI is InChI=1S/C31H32N6O7/c1-18(2)25(26(39)29-35-27(36-44-29)20-12-13-20)34-24(38)16-37-28(21-10-7-11-22(14-21)42-3)32-15-23(30(37)40)33-31(41)43-17-19-8-5-4-6-9-19/h4-11,14-15,18,20,25H,12-13,16-17H2,1-3H3,(H,33,41)(H,34,38). The van der Waals surface area contributed by atoms with Crippen LogP contribution in [0.3, 0.4) is 0 Å². The van der Waals surface area contributed by atoms with E-state index in [2.05, 4.69) is 25.8 Å². The molecule has 1 unspecified atom stereocenters. The molecule has 13 nitrogen and oxygen atoms in total. The lowest BCUT2D eigenvalue weighted by Crippen LogP contribution is -2.46. The number of benzene rings is 2. The number of anilines is 1. The van der Waals surface area contributed by atoms with Gasteiger partial charge in [0.2, 0.25) is 11.7 Å². The highest BCUT2D eigenvalue weighted by Gasteiger charge is 2.34. The lowest BCUT2D eigenvalue weighted by Gasteiger charge is -2.20. The molecule has 228 valence electrons. The fraction of sp³-hybridized carbons (Fsp3) is 0.323. The van der Waals surface area contributed by atoms with Crippen molar-refractivity contribution in [3.8, 4) is 17.1 Å². The van der Waals surface area contributed by atoms with E-state index in [4.69, 9.17) is 14.0 Å². The number of Topliss-reactive ketones (excluding diaryl/α,β-unsaturated/α-hetero) is 1. The van der Waals surface area contributed by atoms with Gasteiger partial charge in [0.15, 0.2) is 5.82 Å². The quantitative estimate of drug-likeness (QED) is 0.227. The van der Waals surface area contributed by atoms with Gasteiger partial charge in [-0.05, 0) is 36.5 Å². The molecule has 1 saturated carbocycles. The zero-order chi connectivity index (χ0) is 31.2. The van der Waals surface area contributed by atoms with Crippen molar-refractivity contribution < 1.29 is 28.4 Å². The Labute approximate surface area is 252 Å². The van der Waals surface area contributed by atoms with Gasteiger partial charge in [0.25, 0.3) is 11.4 Å². The lowest BCUT2D eigenvalue weighted by molar-refractivity contribution is -0.122. The van der Waals surface area contributed by atoms with E-state index in [1.807, 2.05) is 18.2 Å². The third-order valence-electron chi connectivity index (χ3n) is 6.99. The van der Waals surface area contributed by atoms with E-state index in [0.717, 1.165) is 23.0 Å². The molecule has 2 heterocycles. The molecule has 1 aliphatic rings. The molecule has 0 radical (unpaired) electrons. The molecule has 5 rings (SSSR count). The number of hydrogen-bond acceptors (Lipinski definition) is 10. The third kappa shape index (κ3) is 7.17. The van der Waals surface area contributed by atoms with Crippen LogP contribution in [0.1, 0.15) is 54.7 Å². The minimum atomic E-state index is -0.992. The van der Waals surface area contributed by atoms with Crippen LogP contribution in [0, 0.1) is 5.92 Å². The van der Waals surface area contributed by atoms with Gasteiger partial charge in [0.05, 0.1) is 19.3 Å². The van der Waals surface area contributed by atoms with Gasteiger partial charge in [0.1, 0.15) is 30.4 Å². The maximum Gasteiger partial charge on any atom is 0.412 e. The second-order valence-electron chi connectivity index (χ2n) is 10.7. The molecular formula is C31H32N6O7. The van der Waals surface area contributed by atoms with Gasteiger partial charge in [-0.25, -0.2) is 9.78 Å².